The van der Waals surface area contributed by atoms with E-state index in [4.69, 9.17) is 5.11 Å². The van der Waals surface area contributed by atoms with E-state index in [1.54, 1.807) is 6.92 Å². The molecule has 1 saturated heterocycles. The molecule has 1 fully saturated rings. The van der Waals surface area contributed by atoms with E-state index in [9.17, 15) is 9.59 Å². The standard InChI is InChI=1S/C11H20N2O3/c1-8(9(14)15)6-13-10(16)11(2)4-3-5-12-7-11/h8,12H,3-7H2,1-2H3,(H,13,16)(H,14,15). The van der Waals surface area contributed by atoms with E-state index in [0.717, 1.165) is 19.4 Å². The molecule has 0 aromatic carbocycles. The Bertz CT molecular complexity index is 272. The lowest BCUT2D eigenvalue weighted by Crippen LogP contribution is -2.49. The van der Waals surface area contributed by atoms with Gasteiger partial charge in [-0.15, -0.1) is 0 Å². The smallest absolute Gasteiger partial charge is 0.308 e. The van der Waals surface area contributed by atoms with Crippen LogP contribution in [-0.2, 0) is 9.59 Å². The number of rotatable bonds is 4. The molecular formula is C11H20N2O3. The van der Waals surface area contributed by atoms with E-state index in [0.29, 0.717) is 6.54 Å². The molecule has 0 aliphatic carbocycles. The van der Waals surface area contributed by atoms with Gasteiger partial charge >= 0.3 is 5.97 Å². The van der Waals surface area contributed by atoms with Crippen LogP contribution < -0.4 is 10.6 Å². The van der Waals surface area contributed by atoms with Gasteiger partial charge in [0.15, 0.2) is 0 Å². The fraction of sp³-hybridized carbons (Fsp3) is 0.818. The van der Waals surface area contributed by atoms with Crippen molar-refractivity contribution >= 4 is 11.9 Å². The maximum absolute atomic E-state index is 11.9. The van der Waals surface area contributed by atoms with Gasteiger partial charge < -0.3 is 15.7 Å². The number of carboxylic acids is 1. The van der Waals surface area contributed by atoms with E-state index in [1.807, 2.05) is 6.92 Å². The van der Waals surface area contributed by atoms with Gasteiger partial charge in [-0.1, -0.05) is 6.92 Å². The highest BCUT2D eigenvalue weighted by Gasteiger charge is 2.34. The van der Waals surface area contributed by atoms with E-state index in [1.165, 1.54) is 0 Å². The molecular weight excluding hydrogens is 208 g/mol. The molecule has 2 atom stereocenters. The van der Waals surface area contributed by atoms with Gasteiger partial charge in [0.25, 0.3) is 0 Å². The van der Waals surface area contributed by atoms with Gasteiger partial charge in [0.1, 0.15) is 0 Å². The van der Waals surface area contributed by atoms with Crippen LogP contribution in [0.25, 0.3) is 0 Å². The van der Waals surface area contributed by atoms with Crippen LogP contribution in [0.1, 0.15) is 26.7 Å². The highest BCUT2D eigenvalue weighted by Crippen LogP contribution is 2.25. The minimum absolute atomic E-state index is 0.0483. The summed E-state index contributed by atoms with van der Waals surface area (Å²) in [5.74, 6) is -1.47. The zero-order valence-corrected chi connectivity index (χ0v) is 9.88. The van der Waals surface area contributed by atoms with Crippen molar-refractivity contribution in [3.63, 3.8) is 0 Å². The van der Waals surface area contributed by atoms with Crippen LogP contribution in [0.4, 0.5) is 0 Å². The lowest BCUT2D eigenvalue weighted by Gasteiger charge is -2.32. The van der Waals surface area contributed by atoms with Gasteiger partial charge in [0, 0.05) is 13.1 Å². The average molecular weight is 228 g/mol. The number of hydrogen-bond donors (Lipinski definition) is 3. The molecule has 3 N–H and O–H groups in total. The van der Waals surface area contributed by atoms with Crippen LogP contribution in [-0.4, -0.2) is 36.6 Å². The minimum atomic E-state index is -0.882. The Morgan fingerprint density at radius 1 is 1.56 bits per heavy atom. The summed E-state index contributed by atoms with van der Waals surface area (Å²) in [6.45, 7) is 5.32. The molecule has 1 heterocycles. The summed E-state index contributed by atoms with van der Waals surface area (Å²) in [5.41, 5.74) is -0.392. The monoisotopic (exact) mass is 228 g/mol. The first kappa shape index (κ1) is 13.0. The van der Waals surface area contributed by atoms with Crippen LogP contribution in [0, 0.1) is 11.3 Å². The van der Waals surface area contributed by atoms with Gasteiger partial charge in [-0.25, -0.2) is 0 Å². The van der Waals surface area contributed by atoms with Crippen LogP contribution in [0.5, 0.6) is 0 Å². The number of piperidine rings is 1. The van der Waals surface area contributed by atoms with Gasteiger partial charge in [0.05, 0.1) is 11.3 Å². The van der Waals surface area contributed by atoms with Crippen LogP contribution in [0.2, 0.25) is 0 Å². The summed E-state index contributed by atoms with van der Waals surface area (Å²) in [4.78, 5) is 22.5. The Morgan fingerprint density at radius 3 is 2.75 bits per heavy atom. The second kappa shape index (κ2) is 5.30. The molecule has 0 saturated carbocycles. The van der Waals surface area contributed by atoms with Crippen LogP contribution >= 0.6 is 0 Å². The van der Waals surface area contributed by atoms with Crippen molar-refractivity contribution in [1.29, 1.82) is 0 Å². The summed E-state index contributed by atoms with van der Waals surface area (Å²) in [7, 11) is 0. The van der Waals surface area contributed by atoms with Crippen molar-refractivity contribution in [2.24, 2.45) is 11.3 Å². The zero-order chi connectivity index (χ0) is 12.2. The minimum Gasteiger partial charge on any atom is -0.481 e. The number of nitrogens with one attached hydrogen (secondary N) is 2. The van der Waals surface area contributed by atoms with E-state index in [-0.39, 0.29) is 12.5 Å². The zero-order valence-electron chi connectivity index (χ0n) is 9.88. The van der Waals surface area contributed by atoms with Crippen molar-refractivity contribution in [2.75, 3.05) is 19.6 Å². The molecule has 5 heteroatoms. The van der Waals surface area contributed by atoms with E-state index in [2.05, 4.69) is 10.6 Å². The molecule has 5 nitrogen and oxygen atoms in total. The predicted octanol–water partition coefficient (Wildman–Crippen LogP) is 0.213. The predicted molar refractivity (Wildman–Crippen MR) is 60.0 cm³/mol. The van der Waals surface area contributed by atoms with E-state index >= 15 is 0 Å². The van der Waals surface area contributed by atoms with Crippen molar-refractivity contribution in [1.82, 2.24) is 10.6 Å². The lowest BCUT2D eigenvalue weighted by atomic mass is 9.82. The number of carboxylic acid groups (broad SMARTS) is 1. The van der Waals surface area contributed by atoms with Gasteiger partial charge in [-0.3, -0.25) is 9.59 Å². The first-order valence-electron chi connectivity index (χ1n) is 5.67. The topological polar surface area (TPSA) is 78.4 Å². The first-order chi connectivity index (χ1) is 7.46. The number of aliphatic carboxylic acids is 1. The Morgan fingerprint density at radius 2 is 2.25 bits per heavy atom. The molecule has 0 aromatic heterocycles. The second-order valence-electron chi connectivity index (χ2n) is 4.79. The average Bonchev–Trinajstić information content (AvgIpc) is 2.26. The van der Waals surface area contributed by atoms with Crippen molar-refractivity contribution in [2.45, 2.75) is 26.7 Å². The number of amides is 1. The van der Waals surface area contributed by atoms with Crippen molar-refractivity contribution < 1.29 is 14.7 Å². The number of carbonyl (C=O) groups is 2. The Hall–Kier alpha value is -1.10. The van der Waals surface area contributed by atoms with Crippen LogP contribution in [0.15, 0.2) is 0 Å². The Kier molecular flexibility index (Phi) is 4.29. The third-order valence-electron chi connectivity index (χ3n) is 3.14. The molecule has 1 aliphatic heterocycles. The molecule has 1 aliphatic rings. The molecule has 2 unspecified atom stereocenters. The van der Waals surface area contributed by atoms with Gasteiger partial charge in [0.2, 0.25) is 5.91 Å². The molecule has 92 valence electrons. The summed E-state index contributed by atoms with van der Waals surface area (Å²) >= 11 is 0. The summed E-state index contributed by atoms with van der Waals surface area (Å²) < 4.78 is 0. The number of hydrogen-bond acceptors (Lipinski definition) is 3. The second-order valence-corrected chi connectivity index (χ2v) is 4.79. The quantitative estimate of drug-likeness (QED) is 0.643. The maximum atomic E-state index is 11.9. The molecule has 16 heavy (non-hydrogen) atoms. The highest BCUT2D eigenvalue weighted by molar-refractivity contribution is 5.83. The van der Waals surface area contributed by atoms with Crippen molar-refractivity contribution in [3.05, 3.63) is 0 Å². The molecule has 1 amide bonds. The summed E-state index contributed by atoms with van der Waals surface area (Å²) in [5, 5.41) is 14.6. The summed E-state index contributed by atoms with van der Waals surface area (Å²) in [6, 6.07) is 0. The fourth-order valence-corrected chi connectivity index (χ4v) is 1.80. The van der Waals surface area contributed by atoms with Crippen LogP contribution in [0.3, 0.4) is 0 Å². The first-order valence-corrected chi connectivity index (χ1v) is 5.67. The number of carbonyl (C=O) groups excluding carboxylic acids is 1. The molecule has 0 radical (unpaired) electrons. The third-order valence-corrected chi connectivity index (χ3v) is 3.14. The van der Waals surface area contributed by atoms with Gasteiger partial charge in [-0.2, -0.15) is 0 Å². The maximum Gasteiger partial charge on any atom is 0.308 e. The van der Waals surface area contributed by atoms with Gasteiger partial charge in [-0.05, 0) is 26.3 Å². The molecule has 0 bridgehead atoms. The Labute approximate surface area is 95.6 Å². The Balaban J connectivity index is 2.42. The van der Waals surface area contributed by atoms with Crippen molar-refractivity contribution in [3.8, 4) is 0 Å². The fourth-order valence-electron chi connectivity index (χ4n) is 1.80. The molecule has 0 aromatic rings. The lowest BCUT2D eigenvalue weighted by molar-refractivity contribution is -0.141. The normalized spacial score (nSPS) is 27.1. The largest absolute Gasteiger partial charge is 0.481 e. The highest BCUT2D eigenvalue weighted by atomic mass is 16.4. The SMILES string of the molecule is CC(CNC(=O)C1(C)CCCNC1)C(=O)O. The molecule has 1 rings (SSSR count). The third kappa shape index (κ3) is 3.20. The molecule has 0 spiro atoms. The summed E-state index contributed by atoms with van der Waals surface area (Å²) in [6.07, 6.45) is 1.84. The van der Waals surface area contributed by atoms with E-state index < -0.39 is 17.3 Å².